The average molecular weight is 433 g/mol. The molecule has 0 heterocycles. The summed E-state index contributed by atoms with van der Waals surface area (Å²) in [5, 5.41) is 4.95. The molecule has 32 heavy (non-hydrogen) atoms. The lowest BCUT2D eigenvalue weighted by Crippen LogP contribution is -2.50. The van der Waals surface area contributed by atoms with Crippen LogP contribution in [0, 0.1) is 6.92 Å². The van der Waals surface area contributed by atoms with E-state index in [0.29, 0.717) is 25.3 Å². The Morgan fingerprint density at radius 2 is 1.75 bits per heavy atom. The number of nitrogens with zero attached hydrogens (tertiary/aromatic N) is 1. The summed E-state index contributed by atoms with van der Waals surface area (Å²) >= 11 is 0. The third-order valence-corrected chi connectivity index (χ3v) is 5.47. The number of hydrogen-bond acceptors (Lipinski definition) is 3. The van der Waals surface area contributed by atoms with E-state index in [9.17, 15) is 9.59 Å². The summed E-state index contributed by atoms with van der Waals surface area (Å²) in [6, 6.07) is 21.2. The van der Waals surface area contributed by atoms with Gasteiger partial charge in [-0.1, -0.05) is 80.1 Å². The van der Waals surface area contributed by atoms with E-state index < -0.39 is 6.04 Å². The summed E-state index contributed by atoms with van der Waals surface area (Å²) in [6.07, 6.45) is 1.37. The largest absolute Gasteiger partial charge is 0.483 e. The van der Waals surface area contributed by atoms with Gasteiger partial charge in [0.25, 0.3) is 5.91 Å². The molecular weight excluding hydrogens is 400 g/mol. The molecule has 3 rings (SSSR count). The minimum Gasteiger partial charge on any atom is -0.483 e. The van der Waals surface area contributed by atoms with Crippen molar-refractivity contribution >= 4 is 22.6 Å². The van der Waals surface area contributed by atoms with Crippen molar-refractivity contribution < 1.29 is 14.3 Å². The van der Waals surface area contributed by atoms with Gasteiger partial charge in [0.05, 0.1) is 0 Å². The summed E-state index contributed by atoms with van der Waals surface area (Å²) in [7, 11) is 0. The highest BCUT2D eigenvalue weighted by Crippen LogP contribution is 2.25. The molecule has 0 radical (unpaired) electrons. The average Bonchev–Trinajstić information content (AvgIpc) is 2.81. The first-order valence-electron chi connectivity index (χ1n) is 11.3. The van der Waals surface area contributed by atoms with Gasteiger partial charge in [-0.05, 0) is 36.8 Å². The van der Waals surface area contributed by atoms with E-state index in [-0.39, 0.29) is 18.4 Å². The van der Waals surface area contributed by atoms with Gasteiger partial charge in [-0.25, -0.2) is 0 Å². The Hall–Kier alpha value is -3.34. The standard InChI is InChI=1S/C27H32N2O3/c1-4-16-28-27(31)24(5-2)29(18-21-11-8-10-20(3)17-21)26(30)19-32-25-15-9-13-22-12-6-7-14-23(22)25/h6-15,17,24H,4-5,16,18-19H2,1-3H3,(H,28,31)/t24-/m1/s1. The molecule has 0 unspecified atom stereocenters. The van der Waals surface area contributed by atoms with Gasteiger partial charge in [0.2, 0.25) is 5.91 Å². The summed E-state index contributed by atoms with van der Waals surface area (Å²) in [4.78, 5) is 27.8. The molecule has 3 aromatic rings. The second kappa shape index (κ2) is 11.3. The number of benzene rings is 3. The van der Waals surface area contributed by atoms with Gasteiger partial charge in [0, 0.05) is 18.5 Å². The van der Waals surface area contributed by atoms with E-state index in [0.717, 1.165) is 28.3 Å². The van der Waals surface area contributed by atoms with Crippen LogP contribution in [0.15, 0.2) is 66.7 Å². The lowest BCUT2D eigenvalue weighted by atomic mass is 10.1. The number of fused-ring (bicyclic) bond motifs is 1. The minimum atomic E-state index is -0.550. The molecule has 5 nitrogen and oxygen atoms in total. The Labute approximate surface area is 190 Å². The summed E-state index contributed by atoms with van der Waals surface area (Å²) in [5.74, 6) is 0.328. The Morgan fingerprint density at radius 3 is 2.50 bits per heavy atom. The van der Waals surface area contributed by atoms with Crippen LogP contribution in [0.2, 0.25) is 0 Å². The quantitative estimate of drug-likeness (QED) is 0.498. The van der Waals surface area contributed by atoms with Gasteiger partial charge in [0.1, 0.15) is 11.8 Å². The van der Waals surface area contributed by atoms with E-state index in [1.54, 1.807) is 4.90 Å². The zero-order valence-electron chi connectivity index (χ0n) is 19.1. The summed E-state index contributed by atoms with van der Waals surface area (Å²) in [6.45, 7) is 6.78. The van der Waals surface area contributed by atoms with Crippen LogP contribution in [0.4, 0.5) is 0 Å². The molecular formula is C27H32N2O3. The van der Waals surface area contributed by atoms with Crippen molar-refractivity contribution in [3.63, 3.8) is 0 Å². The molecule has 3 aromatic carbocycles. The molecule has 2 amide bonds. The fraction of sp³-hybridized carbons (Fsp3) is 0.333. The summed E-state index contributed by atoms with van der Waals surface area (Å²) < 4.78 is 5.96. The van der Waals surface area contributed by atoms with Crippen LogP contribution in [-0.4, -0.2) is 35.9 Å². The van der Waals surface area contributed by atoms with Crippen LogP contribution < -0.4 is 10.1 Å². The Kier molecular flexibility index (Phi) is 8.26. The second-order valence-corrected chi connectivity index (χ2v) is 7.99. The van der Waals surface area contributed by atoms with E-state index in [1.165, 1.54) is 0 Å². The maximum absolute atomic E-state index is 13.3. The number of amides is 2. The fourth-order valence-corrected chi connectivity index (χ4v) is 3.84. The van der Waals surface area contributed by atoms with Gasteiger partial charge in [-0.2, -0.15) is 0 Å². The highest BCUT2D eigenvalue weighted by atomic mass is 16.5. The maximum Gasteiger partial charge on any atom is 0.261 e. The summed E-state index contributed by atoms with van der Waals surface area (Å²) in [5.41, 5.74) is 2.11. The highest BCUT2D eigenvalue weighted by Gasteiger charge is 2.28. The van der Waals surface area contributed by atoms with E-state index in [1.807, 2.05) is 87.5 Å². The number of hydrogen-bond donors (Lipinski definition) is 1. The SMILES string of the molecule is CCCNC(=O)[C@@H](CC)N(Cc1cccc(C)c1)C(=O)COc1cccc2ccccc12. The molecule has 0 saturated carbocycles. The van der Waals surface area contributed by atoms with Crippen molar-refractivity contribution in [2.75, 3.05) is 13.2 Å². The molecule has 0 aliphatic heterocycles. The molecule has 5 heteroatoms. The van der Waals surface area contributed by atoms with Crippen LogP contribution >= 0.6 is 0 Å². The smallest absolute Gasteiger partial charge is 0.261 e. The Bertz CT molecular complexity index is 1060. The molecule has 0 aliphatic carbocycles. The van der Waals surface area contributed by atoms with Crippen LogP contribution in [0.3, 0.4) is 0 Å². The molecule has 0 saturated heterocycles. The van der Waals surface area contributed by atoms with Crippen molar-refractivity contribution in [1.29, 1.82) is 0 Å². The van der Waals surface area contributed by atoms with Gasteiger partial charge >= 0.3 is 0 Å². The fourth-order valence-electron chi connectivity index (χ4n) is 3.84. The Balaban J connectivity index is 1.82. The zero-order valence-corrected chi connectivity index (χ0v) is 19.1. The monoisotopic (exact) mass is 432 g/mol. The van der Waals surface area contributed by atoms with E-state index >= 15 is 0 Å². The normalized spacial score (nSPS) is 11.7. The second-order valence-electron chi connectivity index (χ2n) is 7.99. The molecule has 0 bridgehead atoms. The number of aryl methyl sites for hydroxylation is 1. The minimum absolute atomic E-state index is 0.125. The van der Waals surface area contributed by atoms with Gasteiger partial charge < -0.3 is 15.0 Å². The maximum atomic E-state index is 13.3. The topological polar surface area (TPSA) is 58.6 Å². The predicted octanol–water partition coefficient (Wildman–Crippen LogP) is 4.86. The molecule has 0 aliphatic rings. The number of rotatable bonds is 10. The molecule has 0 fully saturated rings. The molecule has 168 valence electrons. The van der Waals surface area contributed by atoms with Crippen LogP contribution in [-0.2, 0) is 16.1 Å². The first-order chi connectivity index (χ1) is 15.5. The van der Waals surface area contributed by atoms with Crippen molar-refractivity contribution in [1.82, 2.24) is 10.2 Å². The predicted molar refractivity (Wildman–Crippen MR) is 129 cm³/mol. The number of ether oxygens (including phenoxy) is 1. The third kappa shape index (κ3) is 5.88. The molecule has 0 spiro atoms. The zero-order chi connectivity index (χ0) is 22.9. The first-order valence-corrected chi connectivity index (χ1v) is 11.3. The van der Waals surface area contributed by atoms with Gasteiger partial charge in [-0.3, -0.25) is 9.59 Å². The van der Waals surface area contributed by atoms with Crippen molar-refractivity contribution in [3.8, 4) is 5.75 Å². The lowest BCUT2D eigenvalue weighted by Gasteiger charge is -2.30. The first kappa shape index (κ1) is 23.3. The van der Waals surface area contributed by atoms with E-state index in [2.05, 4.69) is 5.32 Å². The van der Waals surface area contributed by atoms with Crippen LogP contribution in [0.5, 0.6) is 5.75 Å². The molecule has 1 atom stereocenters. The number of carbonyl (C=O) groups is 2. The van der Waals surface area contributed by atoms with Crippen LogP contribution in [0.1, 0.15) is 37.8 Å². The molecule has 0 aromatic heterocycles. The van der Waals surface area contributed by atoms with Crippen molar-refractivity contribution in [2.24, 2.45) is 0 Å². The van der Waals surface area contributed by atoms with Crippen molar-refractivity contribution in [2.45, 2.75) is 46.2 Å². The van der Waals surface area contributed by atoms with Crippen LogP contribution in [0.25, 0.3) is 10.8 Å². The van der Waals surface area contributed by atoms with Gasteiger partial charge in [0.15, 0.2) is 6.61 Å². The Morgan fingerprint density at radius 1 is 1.00 bits per heavy atom. The van der Waals surface area contributed by atoms with E-state index in [4.69, 9.17) is 4.74 Å². The third-order valence-electron chi connectivity index (χ3n) is 5.47. The number of nitrogens with one attached hydrogen (secondary N) is 1. The van der Waals surface area contributed by atoms with Gasteiger partial charge in [-0.15, -0.1) is 0 Å². The molecule has 1 N–H and O–H groups in total. The number of carbonyl (C=O) groups excluding carboxylic acids is 2. The van der Waals surface area contributed by atoms with Crippen molar-refractivity contribution in [3.05, 3.63) is 77.9 Å². The highest BCUT2D eigenvalue weighted by molar-refractivity contribution is 5.90. The lowest BCUT2D eigenvalue weighted by molar-refractivity contribution is -0.142.